The first-order valence-corrected chi connectivity index (χ1v) is 7.27. The molecule has 0 bridgehead atoms. The number of anilines is 1. The Bertz CT molecular complexity index is 396. The third-order valence-corrected chi connectivity index (χ3v) is 3.99. The SMILES string of the molecule is CCC(N)Cc1ccc(N(CC)C2CC2)cc1C. The van der Waals surface area contributed by atoms with Gasteiger partial charge in [-0.1, -0.05) is 13.0 Å². The van der Waals surface area contributed by atoms with Crippen LogP contribution in [0.1, 0.15) is 44.2 Å². The minimum atomic E-state index is 0.292. The van der Waals surface area contributed by atoms with E-state index in [0.717, 1.165) is 25.4 Å². The molecule has 0 heterocycles. The van der Waals surface area contributed by atoms with Crippen molar-refractivity contribution in [2.24, 2.45) is 5.73 Å². The van der Waals surface area contributed by atoms with E-state index in [1.54, 1.807) is 0 Å². The van der Waals surface area contributed by atoms with E-state index in [9.17, 15) is 0 Å². The van der Waals surface area contributed by atoms with Gasteiger partial charge in [-0.25, -0.2) is 0 Å². The van der Waals surface area contributed by atoms with Crippen LogP contribution in [0.25, 0.3) is 0 Å². The van der Waals surface area contributed by atoms with E-state index in [4.69, 9.17) is 5.73 Å². The third kappa shape index (κ3) is 3.05. The average molecular weight is 246 g/mol. The first-order valence-electron chi connectivity index (χ1n) is 7.27. The average Bonchev–Trinajstić information content (AvgIpc) is 3.18. The second kappa shape index (κ2) is 5.75. The fourth-order valence-electron chi connectivity index (χ4n) is 2.55. The summed E-state index contributed by atoms with van der Waals surface area (Å²) < 4.78 is 0. The molecule has 0 aliphatic heterocycles. The van der Waals surface area contributed by atoms with Gasteiger partial charge in [0.2, 0.25) is 0 Å². The maximum absolute atomic E-state index is 6.05. The molecule has 2 heteroatoms. The highest BCUT2D eigenvalue weighted by Gasteiger charge is 2.28. The minimum absolute atomic E-state index is 0.292. The van der Waals surface area contributed by atoms with Gasteiger partial charge in [-0.2, -0.15) is 0 Å². The van der Waals surface area contributed by atoms with Gasteiger partial charge in [0.05, 0.1) is 0 Å². The monoisotopic (exact) mass is 246 g/mol. The van der Waals surface area contributed by atoms with Crippen molar-refractivity contribution in [1.29, 1.82) is 0 Å². The summed E-state index contributed by atoms with van der Waals surface area (Å²) in [6.07, 6.45) is 4.76. The standard InChI is InChI=1S/C16H26N2/c1-4-14(17)11-13-6-7-16(10-12(13)3)18(5-2)15-8-9-15/h6-7,10,14-15H,4-5,8-9,11,17H2,1-3H3. The summed E-state index contributed by atoms with van der Waals surface area (Å²) >= 11 is 0. The summed E-state index contributed by atoms with van der Waals surface area (Å²) in [6, 6.07) is 7.95. The Labute approximate surface area is 111 Å². The summed E-state index contributed by atoms with van der Waals surface area (Å²) in [5.74, 6) is 0. The number of benzene rings is 1. The second-order valence-corrected chi connectivity index (χ2v) is 5.50. The maximum atomic E-state index is 6.05. The van der Waals surface area contributed by atoms with Gasteiger partial charge in [0.1, 0.15) is 0 Å². The van der Waals surface area contributed by atoms with Crippen molar-refractivity contribution in [3.8, 4) is 0 Å². The zero-order valence-electron chi connectivity index (χ0n) is 11.9. The van der Waals surface area contributed by atoms with E-state index in [-0.39, 0.29) is 0 Å². The molecule has 0 aromatic heterocycles. The predicted octanol–water partition coefficient (Wildman–Crippen LogP) is 3.26. The van der Waals surface area contributed by atoms with Crippen LogP contribution in [0.5, 0.6) is 0 Å². The van der Waals surface area contributed by atoms with Crippen molar-refractivity contribution in [2.75, 3.05) is 11.4 Å². The van der Waals surface area contributed by atoms with Crippen molar-refractivity contribution >= 4 is 5.69 Å². The highest BCUT2D eigenvalue weighted by Crippen LogP contribution is 2.32. The summed E-state index contributed by atoms with van der Waals surface area (Å²) in [4.78, 5) is 2.52. The van der Waals surface area contributed by atoms with Crippen LogP contribution in [-0.2, 0) is 6.42 Å². The van der Waals surface area contributed by atoms with Gasteiger partial charge in [-0.05, 0) is 62.8 Å². The van der Waals surface area contributed by atoms with Crippen LogP contribution >= 0.6 is 0 Å². The van der Waals surface area contributed by atoms with Crippen LogP contribution in [-0.4, -0.2) is 18.6 Å². The Morgan fingerprint density at radius 2 is 2.06 bits per heavy atom. The highest BCUT2D eigenvalue weighted by atomic mass is 15.2. The lowest BCUT2D eigenvalue weighted by atomic mass is 9.99. The molecule has 1 atom stereocenters. The number of hydrogen-bond acceptors (Lipinski definition) is 2. The Morgan fingerprint density at radius 1 is 1.33 bits per heavy atom. The molecule has 2 N–H and O–H groups in total. The van der Waals surface area contributed by atoms with Crippen LogP contribution in [0, 0.1) is 6.92 Å². The summed E-state index contributed by atoms with van der Waals surface area (Å²) in [7, 11) is 0. The molecule has 1 aliphatic carbocycles. The lowest BCUT2D eigenvalue weighted by Gasteiger charge is -2.24. The van der Waals surface area contributed by atoms with Crippen molar-refractivity contribution in [2.45, 2.75) is 58.5 Å². The minimum Gasteiger partial charge on any atom is -0.369 e. The Kier molecular flexibility index (Phi) is 4.28. The zero-order valence-corrected chi connectivity index (χ0v) is 11.9. The molecule has 1 aromatic carbocycles. The molecule has 1 unspecified atom stereocenters. The largest absolute Gasteiger partial charge is 0.369 e. The van der Waals surface area contributed by atoms with Gasteiger partial charge in [0.25, 0.3) is 0 Å². The molecular weight excluding hydrogens is 220 g/mol. The van der Waals surface area contributed by atoms with Gasteiger partial charge >= 0.3 is 0 Å². The number of aryl methyl sites for hydroxylation is 1. The molecule has 0 radical (unpaired) electrons. The fourth-order valence-corrected chi connectivity index (χ4v) is 2.55. The molecule has 1 fully saturated rings. The number of hydrogen-bond donors (Lipinski definition) is 1. The molecule has 100 valence electrons. The van der Waals surface area contributed by atoms with Gasteiger partial charge in [0, 0.05) is 24.3 Å². The van der Waals surface area contributed by atoms with Gasteiger partial charge in [0.15, 0.2) is 0 Å². The number of rotatable bonds is 6. The molecular formula is C16H26N2. The summed E-state index contributed by atoms with van der Waals surface area (Å²) in [6.45, 7) is 7.72. The van der Waals surface area contributed by atoms with Crippen LogP contribution in [0.4, 0.5) is 5.69 Å². The fraction of sp³-hybridized carbons (Fsp3) is 0.625. The molecule has 1 saturated carbocycles. The molecule has 2 nitrogen and oxygen atoms in total. The lowest BCUT2D eigenvalue weighted by Crippen LogP contribution is -2.25. The molecule has 0 saturated heterocycles. The van der Waals surface area contributed by atoms with Crippen LogP contribution in [0.2, 0.25) is 0 Å². The first kappa shape index (κ1) is 13.4. The van der Waals surface area contributed by atoms with Gasteiger partial charge < -0.3 is 10.6 Å². The Hall–Kier alpha value is -1.02. The maximum Gasteiger partial charge on any atom is 0.0371 e. The van der Waals surface area contributed by atoms with Gasteiger partial charge in [-0.15, -0.1) is 0 Å². The number of nitrogens with two attached hydrogens (primary N) is 1. The van der Waals surface area contributed by atoms with Crippen LogP contribution in [0.3, 0.4) is 0 Å². The van der Waals surface area contributed by atoms with E-state index in [1.165, 1.54) is 29.7 Å². The van der Waals surface area contributed by atoms with Gasteiger partial charge in [-0.3, -0.25) is 0 Å². The molecule has 2 rings (SSSR count). The Balaban J connectivity index is 2.13. The topological polar surface area (TPSA) is 29.3 Å². The summed E-state index contributed by atoms with van der Waals surface area (Å²) in [5.41, 5.74) is 10.2. The normalized spacial score (nSPS) is 16.7. The third-order valence-electron chi connectivity index (χ3n) is 3.99. The Morgan fingerprint density at radius 3 is 2.56 bits per heavy atom. The van der Waals surface area contributed by atoms with E-state index >= 15 is 0 Å². The molecule has 18 heavy (non-hydrogen) atoms. The summed E-state index contributed by atoms with van der Waals surface area (Å²) in [5, 5.41) is 0. The lowest BCUT2D eigenvalue weighted by molar-refractivity contribution is 0.644. The predicted molar refractivity (Wildman–Crippen MR) is 79.2 cm³/mol. The first-order chi connectivity index (χ1) is 8.65. The van der Waals surface area contributed by atoms with E-state index in [1.807, 2.05) is 0 Å². The van der Waals surface area contributed by atoms with E-state index in [0.29, 0.717) is 6.04 Å². The van der Waals surface area contributed by atoms with Crippen LogP contribution in [0.15, 0.2) is 18.2 Å². The van der Waals surface area contributed by atoms with Crippen molar-refractivity contribution < 1.29 is 0 Å². The molecule has 0 amide bonds. The smallest absolute Gasteiger partial charge is 0.0371 e. The molecule has 1 aliphatic rings. The van der Waals surface area contributed by atoms with Crippen molar-refractivity contribution in [3.05, 3.63) is 29.3 Å². The highest BCUT2D eigenvalue weighted by molar-refractivity contribution is 5.52. The van der Waals surface area contributed by atoms with Crippen molar-refractivity contribution in [1.82, 2.24) is 0 Å². The van der Waals surface area contributed by atoms with Crippen LogP contribution < -0.4 is 10.6 Å². The number of nitrogens with zero attached hydrogens (tertiary/aromatic N) is 1. The zero-order chi connectivity index (χ0) is 13.1. The molecule has 0 spiro atoms. The second-order valence-electron chi connectivity index (χ2n) is 5.50. The van der Waals surface area contributed by atoms with E-state index < -0.39 is 0 Å². The quantitative estimate of drug-likeness (QED) is 0.834. The van der Waals surface area contributed by atoms with Crippen molar-refractivity contribution in [3.63, 3.8) is 0 Å². The molecule has 1 aromatic rings. The van der Waals surface area contributed by atoms with E-state index in [2.05, 4.69) is 43.9 Å².